The number of guanidine groups is 1. The van der Waals surface area contributed by atoms with Gasteiger partial charge >= 0.3 is 0 Å². The Kier molecular flexibility index (Phi) is 8.06. The van der Waals surface area contributed by atoms with Gasteiger partial charge in [-0.1, -0.05) is 42.0 Å². The summed E-state index contributed by atoms with van der Waals surface area (Å²) in [7, 11) is -3.68. The molecule has 8 heteroatoms. The topological polar surface area (TPSA) is 106 Å². The minimum atomic E-state index is -3.68. The Bertz CT molecular complexity index is 973. The van der Waals surface area contributed by atoms with E-state index in [-0.39, 0.29) is 11.0 Å². The highest BCUT2D eigenvalue weighted by molar-refractivity contribution is 7.89. The van der Waals surface area contributed by atoms with Crippen molar-refractivity contribution in [2.24, 2.45) is 16.0 Å². The van der Waals surface area contributed by atoms with E-state index < -0.39 is 10.0 Å². The quantitative estimate of drug-likeness (QED) is 0.450. The van der Waals surface area contributed by atoms with Crippen LogP contribution in [0.4, 0.5) is 0 Å². The number of nitrogens with two attached hydrogens (primary N) is 1. The van der Waals surface area contributed by atoms with Crippen molar-refractivity contribution in [1.29, 1.82) is 0 Å². The average Bonchev–Trinajstić information content (AvgIpc) is 2.76. The normalized spacial score (nSPS) is 19.8. The van der Waals surface area contributed by atoms with Gasteiger partial charge in [0.05, 0.1) is 17.5 Å². The maximum Gasteiger partial charge on any atom is 0.238 e. The molecule has 0 saturated carbocycles. The molecule has 2 unspecified atom stereocenters. The first-order chi connectivity index (χ1) is 14.9. The first-order valence-electron chi connectivity index (χ1n) is 10.7. The zero-order valence-electron chi connectivity index (χ0n) is 18.2. The second kappa shape index (κ2) is 10.7. The van der Waals surface area contributed by atoms with E-state index >= 15 is 0 Å². The summed E-state index contributed by atoms with van der Waals surface area (Å²) in [5, 5.41) is 11.9. The maximum absolute atomic E-state index is 11.4. The molecule has 0 spiro atoms. The lowest BCUT2D eigenvalue weighted by Crippen LogP contribution is -2.42. The SMILES string of the molecule is CCNC(=NCc1ccc(S(N)(=O)=O)cc1)NCC1CCCOC1c1ccc(C)cc1. The van der Waals surface area contributed by atoms with Crippen LogP contribution in [0.3, 0.4) is 0 Å². The molecule has 1 saturated heterocycles. The summed E-state index contributed by atoms with van der Waals surface area (Å²) in [5.74, 6) is 1.08. The lowest BCUT2D eigenvalue weighted by molar-refractivity contribution is -0.0265. The van der Waals surface area contributed by atoms with Crippen molar-refractivity contribution in [1.82, 2.24) is 10.6 Å². The van der Waals surface area contributed by atoms with E-state index in [2.05, 4.69) is 46.8 Å². The van der Waals surface area contributed by atoms with Gasteiger partial charge in [-0.25, -0.2) is 18.5 Å². The number of sulfonamides is 1. The molecule has 0 aliphatic carbocycles. The number of nitrogens with zero attached hydrogens (tertiary/aromatic N) is 1. The van der Waals surface area contributed by atoms with E-state index in [1.165, 1.54) is 23.3 Å². The number of primary sulfonamides is 1. The lowest BCUT2D eigenvalue weighted by Gasteiger charge is -2.32. The second-order valence-electron chi connectivity index (χ2n) is 7.87. The summed E-state index contributed by atoms with van der Waals surface area (Å²) in [6.07, 6.45) is 2.23. The van der Waals surface area contributed by atoms with Crippen molar-refractivity contribution in [2.75, 3.05) is 19.7 Å². The molecule has 1 heterocycles. The first-order valence-corrected chi connectivity index (χ1v) is 12.2. The third kappa shape index (κ3) is 6.78. The van der Waals surface area contributed by atoms with Crippen molar-refractivity contribution >= 4 is 16.0 Å². The monoisotopic (exact) mass is 444 g/mol. The van der Waals surface area contributed by atoms with Gasteiger partial charge < -0.3 is 15.4 Å². The number of nitrogens with one attached hydrogen (secondary N) is 2. The Hall–Kier alpha value is -2.42. The Morgan fingerprint density at radius 3 is 2.48 bits per heavy atom. The number of rotatable bonds is 7. The molecule has 1 aliphatic rings. The number of hydrogen-bond donors (Lipinski definition) is 3. The molecule has 0 radical (unpaired) electrons. The predicted molar refractivity (Wildman–Crippen MR) is 123 cm³/mol. The Labute approximate surface area is 185 Å². The van der Waals surface area contributed by atoms with Crippen LogP contribution in [0.15, 0.2) is 58.4 Å². The van der Waals surface area contributed by atoms with Crippen molar-refractivity contribution in [2.45, 2.75) is 44.2 Å². The summed E-state index contributed by atoms with van der Waals surface area (Å²) < 4.78 is 28.9. The number of aryl methyl sites for hydroxylation is 1. The van der Waals surface area contributed by atoms with Gasteiger partial charge in [0, 0.05) is 25.6 Å². The van der Waals surface area contributed by atoms with Gasteiger partial charge in [0.25, 0.3) is 0 Å². The second-order valence-corrected chi connectivity index (χ2v) is 9.43. The van der Waals surface area contributed by atoms with Gasteiger partial charge in [-0.2, -0.15) is 0 Å². The highest BCUT2D eigenvalue weighted by Crippen LogP contribution is 2.33. The standard InChI is InChI=1S/C23H32N4O3S/c1-3-25-23(26-15-18-8-12-21(13-9-18)31(24,28)29)27-16-20-5-4-14-30-22(20)19-10-6-17(2)7-11-19/h6-13,20,22H,3-5,14-16H2,1-2H3,(H2,24,28,29)(H2,25,26,27). The van der Waals surface area contributed by atoms with Crippen LogP contribution in [0.25, 0.3) is 0 Å². The third-order valence-corrected chi connectivity index (χ3v) is 6.33. The van der Waals surface area contributed by atoms with Crippen LogP contribution in [0.2, 0.25) is 0 Å². The van der Waals surface area contributed by atoms with Gasteiger partial charge in [0.2, 0.25) is 10.0 Å². The van der Waals surface area contributed by atoms with Crippen molar-refractivity contribution in [3.63, 3.8) is 0 Å². The number of aliphatic imine (C=N–C) groups is 1. The minimum Gasteiger partial charge on any atom is -0.373 e. The summed E-state index contributed by atoms with van der Waals surface area (Å²) in [6.45, 7) is 6.84. The summed E-state index contributed by atoms with van der Waals surface area (Å²) in [6, 6.07) is 15.0. The number of hydrogen-bond acceptors (Lipinski definition) is 4. The van der Waals surface area contributed by atoms with Crippen molar-refractivity contribution in [3.8, 4) is 0 Å². The highest BCUT2D eigenvalue weighted by atomic mass is 32.2. The molecule has 4 N–H and O–H groups in total. The zero-order chi connectivity index (χ0) is 22.3. The van der Waals surface area contributed by atoms with Crippen LogP contribution in [-0.4, -0.2) is 34.1 Å². The molecule has 3 rings (SSSR count). The van der Waals surface area contributed by atoms with Gasteiger partial charge in [0.15, 0.2) is 5.96 Å². The molecule has 7 nitrogen and oxygen atoms in total. The Balaban J connectivity index is 1.64. The fourth-order valence-electron chi connectivity index (χ4n) is 3.70. The number of ether oxygens (including phenoxy) is 1. The van der Waals surface area contributed by atoms with Crippen LogP contribution < -0.4 is 15.8 Å². The zero-order valence-corrected chi connectivity index (χ0v) is 19.0. The molecule has 2 aromatic rings. The highest BCUT2D eigenvalue weighted by Gasteiger charge is 2.27. The molecule has 2 aromatic carbocycles. The van der Waals surface area contributed by atoms with Gasteiger partial charge in [-0.15, -0.1) is 0 Å². The maximum atomic E-state index is 11.4. The van der Waals surface area contributed by atoms with E-state index in [9.17, 15) is 8.42 Å². The van der Waals surface area contributed by atoms with Crippen LogP contribution in [0, 0.1) is 12.8 Å². The van der Waals surface area contributed by atoms with Crippen LogP contribution in [-0.2, 0) is 21.3 Å². The van der Waals surface area contributed by atoms with Crippen molar-refractivity contribution in [3.05, 3.63) is 65.2 Å². The molecule has 1 fully saturated rings. The molecule has 31 heavy (non-hydrogen) atoms. The summed E-state index contributed by atoms with van der Waals surface area (Å²) >= 11 is 0. The molecule has 0 bridgehead atoms. The van der Waals surface area contributed by atoms with Crippen LogP contribution >= 0.6 is 0 Å². The van der Waals surface area contributed by atoms with E-state index in [0.29, 0.717) is 12.5 Å². The number of benzene rings is 2. The average molecular weight is 445 g/mol. The Morgan fingerprint density at radius 1 is 1.13 bits per heavy atom. The van der Waals surface area contributed by atoms with E-state index in [1.807, 2.05) is 6.92 Å². The molecule has 168 valence electrons. The van der Waals surface area contributed by atoms with Gasteiger partial charge in [-0.3, -0.25) is 0 Å². The summed E-state index contributed by atoms with van der Waals surface area (Å²) in [5.41, 5.74) is 3.37. The molecular weight excluding hydrogens is 412 g/mol. The smallest absolute Gasteiger partial charge is 0.238 e. The summed E-state index contributed by atoms with van der Waals surface area (Å²) in [4.78, 5) is 4.74. The van der Waals surface area contributed by atoms with Crippen LogP contribution in [0.1, 0.15) is 42.6 Å². The largest absolute Gasteiger partial charge is 0.373 e. The molecule has 2 atom stereocenters. The van der Waals surface area contributed by atoms with E-state index in [1.54, 1.807) is 12.1 Å². The third-order valence-electron chi connectivity index (χ3n) is 5.40. The van der Waals surface area contributed by atoms with Gasteiger partial charge in [-0.05, 0) is 49.9 Å². The fraction of sp³-hybridized carbons (Fsp3) is 0.435. The predicted octanol–water partition coefficient (Wildman–Crippen LogP) is 2.87. The lowest BCUT2D eigenvalue weighted by atomic mass is 9.89. The van der Waals surface area contributed by atoms with Crippen LogP contribution in [0.5, 0.6) is 0 Å². The molecule has 0 amide bonds. The fourth-order valence-corrected chi connectivity index (χ4v) is 4.22. The minimum absolute atomic E-state index is 0.0792. The molecule has 1 aliphatic heterocycles. The van der Waals surface area contributed by atoms with Crippen molar-refractivity contribution < 1.29 is 13.2 Å². The molecule has 0 aromatic heterocycles. The van der Waals surface area contributed by atoms with Gasteiger partial charge in [0.1, 0.15) is 0 Å². The molecular formula is C23H32N4O3S. The Morgan fingerprint density at radius 2 is 1.84 bits per heavy atom. The van der Waals surface area contributed by atoms with E-state index in [4.69, 9.17) is 9.88 Å². The van der Waals surface area contributed by atoms with E-state index in [0.717, 1.165) is 44.1 Å². The first kappa shape index (κ1) is 23.2.